The first kappa shape index (κ1) is 13.6. The largest absolute Gasteiger partial charge is 0.212 e. The molecular weight excluding hydrogens is 266 g/mol. The van der Waals surface area contributed by atoms with Crippen molar-refractivity contribution in [3.05, 3.63) is 41.7 Å². The topological polar surface area (TPSA) is 101 Å². The quantitative estimate of drug-likeness (QED) is 0.799. The molecular formula is C11H15N5O2S. The maximum atomic E-state index is 11.9. The van der Waals surface area contributed by atoms with Crippen molar-refractivity contribution in [2.45, 2.75) is 19.4 Å². The summed E-state index contributed by atoms with van der Waals surface area (Å²) >= 11 is 0. The first-order valence-corrected chi connectivity index (χ1v) is 7.46. The van der Waals surface area contributed by atoms with E-state index < -0.39 is 10.0 Å². The minimum atomic E-state index is -3.38. The van der Waals surface area contributed by atoms with Crippen LogP contribution in [0.15, 0.2) is 30.3 Å². The van der Waals surface area contributed by atoms with Gasteiger partial charge >= 0.3 is 0 Å². The molecule has 0 aliphatic heterocycles. The summed E-state index contributed by atoms with van der Waals surface area (Å²) in [6, 6.07) is 9.52. The van der Waals surface area contributed by atoms with E-state index in [0.717, 1.165) is 5.56 Å². The summed E-state index contributed by atoms with van der Waals surface area (Å²) in [5, 5.41) is 13.0. The van der Waals surface area contributed by atoms with E-state index in [0.29, 0.717) is 5.82 Å². The van der Waals surface area contributed by atoms with Crippen LogP contribution in [-0.4, -0.2) is 34.8 Å². The van der Waals surface area contributed by atoms with Gasteiger partial charge in [-0.3, -0.25) is 0 Å². The molecule has 0 aliphatic carbocycles. The van der Waals surface area contributed by atoms with Crippen molar-refractivity contribution in [1.29, 1.82) is 0 Å². The molecule has 0 saturated heterocycles. The second-order valence-corrected chi connectivity index (χ2v) is 6.09. The summed E-state index contributed by atoms with van der Waals surface area (Å²) < 4.78 is 26.3. The Labute approximate surface area is 111 Å². The molecule has 0 spiro atoms. The van der Waals surface area contributed by atoms with Crippen molar-refractivity contribution < 1.29 is 8.42 Å². The average molecular weight is 281 g/mol. The Kier molecular flexibility index (Phi) is 4.23. The lowest BCUT2D eigenvalue weighted by atomic mass is 10.0. The molecule has 8 heteroatoms. The van der Waals surface area contributed by atoms with E-state index in [9.17, 15) is 8.42 Å². The predicted molar refractivity (Wildman–Crippen MR) is 69.7 cm³/mol. The summed E-state index contributed by atoms with van der Waals surface area (Å²) in [5.41, 5.74) is 0.993. The van der Waals surface area contributed by atoms with Crippen LogP contribution in [0.3, 0.4) is 0 Å². The van der Waals surface area contributed by atoms with Gasteiger partial charge in [-0.05, 0) is 11.5 Å². The van der Waals surface area contributed by atoms with E-state index in [4.69, 9.17) is 0 Å². The monoisotopic (exact) mass is 281 g/mol. The normalized spacial score (nSPS) is 13.3. The van der Waals surface area contributed by atoms with Crippen LogP contribution < -0.4 is 4.72 Å². The van der Waals surface area contributed by atoms with Gasteiger partial charge < -0.3 is 0 Å². The molecule has 0 aliphatic rings. The Balaban J connectivity index is 1.93. The number of hydrogen-bond donors (Lipinski definition) is 2. The predicted octanol–water partition coefficient (Wildman–Crippen LogP) is 0.423. The standard InChI is InChI=1S/C11H15N5O2S/c1-9(10-5-3-2-4-6-10)8-19(17,18)12-7-11-13-15-16-14-11/h2-6,9,12H,7-8H2,1H3,(H,13,14,15,16). The van der Waals surface area contributed by atoms with E-state index in [1.54, 1.807) is 0 Å². The van der Waals surface area contributed by atoms with Gasteiger partial charge in [-0.25, -0.2) is 13.1 Å². The van der Waals surface area contributed by atoms with Gasteiger partial charge in [-0.1, -0.05) is 42.5 Å². The third-order valence-corrected chi connectivity index (χ3v) is 4.20. The lowest BCUT2D eigenvalue weighted by Crippen LogP contribution is -2.28. The Bertz CT molecular complexity index is 597. The van der Waals surface area contributed by atoms with Crippen molar-refractivity contribution in [2.24, 2.45) is 0 Å². The fourth-order valence-electron chi connectivity index (χ4n) is 1.70. The fraction of sp³-hybridized carbons (Fsp3) is 0.364. The van der Waals surface area contributed by atoms with Crippen LogP contribution in [-0.2, 0) is 16.6 Å². The molecule has 2 rings (SSSR count). The zero-order chi connectivity index (χ0) is 13.7. The number of aromatic nitrogens is 4. The molecule has 2 aromatic rings. The molecule has 1 unspecified atom stereocenters. The number of aromatic amines is 1. The SMILES string of the molecule is CC(CS(=O)(=O)NCc1nn[nH]n1)c1ccccc1. The van der Waals surface area contributed by atoms with E-state index in [-0.39, 0.29) is 18.2 Å². The van der Waals surface area contributed by atoms with Crippen molar-refractivity contribution >= 4 is 10.0 Å². The van der Waals surface area contributed by atoms with E-state index in [1.165, 1.54) is 0 Å². The van der Waals surface area contributed by atoms with Crippen molar-refractivity contribution in [3.63, 3.8) is 0 Å². The minimum Gasteiger partial charge on any atom is -0.212 e. The highest BCUT2D eigenvalue weighted by Gasteiger charge is 2.17. The van der Waals surface area contributed by atoms with Crippen LogP contribution in [0, 0.1) is 0 Å². The van der Waals surface area contributed by atoms with Crippen LogP contribution in [0.25, 0.3) is 0 Å². The minimum absolute atomic E-state index is 0.0227. The molecule has 0 radical (unpaired) electrons. The second kappa shape index (κ2) is 5.89. The molecule has 1 aromatic heterocycles. The number of hydrogen-bond acceptors (Lipinski definition) is 5. The number of nitrogens with one attached hydrogen (secondary N) is 2. The molecule has 2 N–H and O–H groups in total. The highest BCUT2D eigenvalue weighted by Crippen LogP contribution is 2.16. The lowest BCUT2D eigenvalue weighted by Gasteiger charge is -2.12. The summed E-state index contributed by atoms with van der Waals surface area (Å²) in [6.07, 6.45) is 0. The molecule has 1 heterocycles. The molecule has 102 valence electrons. The highest BCUT2D eigenvalue weighted by molar-refractivity contribution is 7.89. The number of H-pyrrole nitrogens is 1. The van der Waals surface area contributed by atoms with Crippen molar-refractivity contribution in [1.82, 2.24) is 25.3 Å². The van der Waals surface area contributed by atoms with Crippen molar-refractivity contribution in [3.8, 4) is 0 Å². The maximum absolute atomic E-state index is 11.9. The number of nitrogens with zero attached hydrogens (tertiary/aromatic N) is 3. The summed E-state index contributed by atoms with van der Waals surface area (Å²) in [4.78, 5) is 0. The molecule has 0 amide bonds. The number of tetrazole rings is 1. The third kappa shape index (κ3) is 4.11. The van der Waals surface area contributed by atoms with E-state index in [2.05, 4.69) is 25.3 Å². The smallest absolute Gasteiger partial charge is 0.212 e. The number of benzene rings is 1. The first-order valence-electron chi connectivity index (χ1n) is 5.81. The Morgan fingerprint density at radius 1 is 1.32 bits per heavy atom. The van der Waals surface area contributed by atoms with Crippen LogP contribution in [0.5, 0.6) is 0 Å². The van der Waals surface area contributed by atoms with Crippen molar-refractivity contribution in [2.75, 3.05) is 5.75 Å². The Morgan fingerprint density at radius 2 is 2.05 bits per heavy atom. The van der Waals surface area contributed by atoms with Gasteiger partial charge in [0.15, 0.2) is 5.82 Å². The highest BCUT2D eigenvalue weighted by atomic mass is 32.2. The van der Waals surface area contributed by atoms with Crippen LogP contribution in [0.4, 0.5) is 0 Å². The summed E-state index contributed by atoms with van der Waals surface area (Å²) in [6.45, 7) is 1.92. The Morgan fingerprint density at radius 3 is 2.68 bits per heavy atom. The first-order chi connectivity index (χ1) is 9.07. The molecule has 19 heavy (non-hydrogen) atoms. The van der Waals surface area contributed by atoms with Gasteiger partial charge in [-0.15, -0.1) is 10.2 Å². The zero-order valence-corrected chi connectivity index (χ0v) is 11.3. The second-order valence-electron chi connectivity index (χ2n) is 4.24. The average Bonchev–Trinajstić information content (AvgIpc) is 2.90. The van der Waals surface area contributed by atoms with Gasteiger partial charge in [0.2, 0.25) is 10.0 Å². The van der Waals surface area contributed by atoms with Gasteiger partial charge in [0.05, 0.1) is 12.3 Å². The van der Waals surface area contributed by atoms with Gasteiger partial charge in [-0.2, -0.15) is 5.21 Å². The molecule has 0 saturated carbocycles. The van der Waals surface area contributed by atoms with Gasteiger partial charge in [0, 0.05) is 0 Å². The number of rotatable bonds is 6. The van der Waals surface area contributed by atoms with Crippen LogP contribution in [0.2, 0.25) is 0 Å². The van der Waals surface area contributed by atoms with Gasteiger partial charge in [0.1, 0.15) is 0 Å². The number of sulfonamides is 1. The van der Waals surface area contributed by atoms with E-state index in [1.807, 2.05) is 37.3 Å². The van der Waals surface area contributed by atoms with Gasteiger partial charge in [0.25, 0.3) is 0 Å². The molecule has 1 aromatic carbocycles. The summed E-state index contributed by atoms with van der Waals surface area (Å²) in [5.74, 6) is 0.259. The lowest BCUT2D eigenvalue weighted by molar-refractivity contribution is 0.573. The van der Waals surface area contributed by atoms with E-state index >= 15 is 0 Å². The van der Waals surface area contributed by atoms with Crippen LogP contribution in [0.1, 0.15) is 24.2 Å². The third-order valence-electron chi connectivity index (χ3n) is 2.68. The molecule has 1 atom stereocenters. The molecule has 0 bridgehead atoms. The van der Waals surface area contributed by atoms with Crippen LogP contribution >= 0.6 is 0 Å². The Hall–Kier alpha value is -1.80. The maximum Gasteiger partial charge on any atom is 0.212 e. The summed E-state index contributed by atoms with van der Waals surface area (Å²) in [7, 11) is -3.38. The molecule has 0 fully saturated rings. The fourth-order valence-corrected chi connectivity index (χ4v) is 3.02. The zero-order valence-electron chi connectivity index (χ0n) is 10.4. The molecule has 7 nitrogen and oxygen atoms in total.